The highest BCUT2D eigenvalue weighted by atomic mass is 19.1. The van der Waals surface area contributed by atoms with Crippen LogP contribution in [-0.2, 0) is 4.74 Å². The third-order valence-electron chi connectivity index (χ3n) is 4.76. The van der Waals surface area contributed by atoms with Crippen molar-refractivity contribution in [2.24, 2.45) is 0 Å². The van der Waals surface area contributed by atoms with Crippen LogP contribution in [-0.4, -0.2) is 60.1 Å². The third kappa shape index (κ3) is 3.75. The van der Waals surface area contributed by atoms with Gasteiger partial charge < -0.3 is 9.64 Å². The Hall–Kier alpha value is -1.53. The first-order chi connectivity index (χ1) is 11.4. The number of carbonyl (C=O) groups excluding carboxylic acids is 1. The molecule has 6 heteroatoms. The van der Waals surface area contributed by atoms with Crippen LogP contribution in [0.2, 0.25) is 0 Å². The van der Waals surface area contributed by atoms with Crippen LogP contribution in [0.15, 0.2) is 18.2 Å². The van der Waals surface area contributed by atoms with E-state index in [9.17, 15) is 13.6 Å². The number of rotatable bonds is 3. The van der Waals surface area contributed by atoms with Gasteiger partial charge in [0.25, 0.3) is 5.91 Å². The number of halogens is 2. The second-order valence-corrected chi connectivity index (χ2v) is 6.89. The molecule has 1 aromatic carbocycles. The molecule has 3 rings (SSSR count). The van der Waals surface area contributed by atoms with Gasteiger partial charge in [0.15, 0.2) is 0 Å². The SMILES string of the molecule is C[C@@H]1CN(C[C@H]2CCCN2C(=O)c2ccc(F)cc2F)C[C@@H](C)O1. The fourth-order valence-electron chi connectivity index (χ4n) is 3.84. The van der Waals surface area contributed by atoms with Crippen LogP contribution in [0.1, 0.15) is 37.0 Å². The molecule has 1 amide bonds. The van der Waals surface area contributed by atoms with Crippen molar-refractivity contribution in [3.05, 3.63) is 35.4 Å². The van der Waals surface area contributed by atoms with Gasteiger partial charge in [-0.2, -0.15) is 0 Å². The summed E-state index contributed by atoms with van der Waals surface area (Å²) >= 11 is 0. The molecule has 24 heavy (non-hydrogen) atoms. The predicted molar refractivity (Wildman–Crippen MR) is 86.9 cm³/mol. The molecule has 0 spiro atoms. The lowest BCUT2D eigenvalue weighted by atomic mass is 10.1. The maximum atomic E-state index is 13.9. The molecule has 0 unspecified atom stereocenters. The summed E-state index contributed by atoms with van der Waals surface area (Å²) in [4.78, 5) is 16.7. The van der Waals surface area contributed by atoms with Crippen molar-refractivity contribution in [1.82, 2.24) is 9.80 Å². The first-order valence-corrected chi connectivity index (χ1v) is 8.58. The summed E-state index contributed by atoms with van der Waals surface area (Å²) in [6.07, 6.45) is 2.17. The number of amides is 1. The molecule has 132 valence electrons. The summed E-state index contributed by atoms with van der Waals surface area (Å²) in [6, 6.07) is 3.21. The first-order valence-electron chi connectivity index (χ1n) is 8.58. The Bertz CT molecular complexity index is 601. The standard InChI is InChI=1S/C18H24F2N2O2/c1-12-9-21(10-13(2)24-12)11-15-4-3-7-22(15)18(23)16-6-5-14(19)8-17(16)20/h5-6,8,12-13,15H,3-4,7,9-11H2,1-2H3/t12-,13-,15-/m1/s1. The van der Waals surface area contributed by atoms with Crippen molar-refractivity contribution < 1.29 is 18.3 Å². The molecule has 2 aliphatic heterocycles. The van der Waals surface area contributed by atoms with Crippen LogP contribution in [0, 0.1) is 11.6 Å². The van der Waals surface area contributed by atoms with Gasteiger partial charge in [-0.05, 0) is 38.8 Å². The number of ether oxygens (including phenoxy) is 1. The van der Waals surface area contributed by atoms with Crippen LogP contribution < -0.4 is 0 Å². The highest BCUT2D eigenvalue weighted by Crippen LogP contribution is 2.23. The molecule has 0 radical (unpaired) electrons. The smallest absolute Gasteiger partial charge is 0.257 e. The molecule has 0 aliphatic carbocycles. The zero-order valence-corrected chi connectivity index (χ0v) is 14.2. The maximum absolute atomic E-state index is 13.9. The Morgan fingerprint density at radius 1 is 1.25 bits per heavy atom. The van der Waals surface area contributed by atoms with Crippen LogP contribution in [0.5, 0.6) is 0 Å². The van der Waals surface area contributed by atoms with Crippen molar-refractivity contribution in [2.75, 3.05) is 26.2 Å². The Kier molecular flexibility index (Phi) is 5.15. The van der Waals surface area contributed by atoms with E-state index in [4.69, 9.17) is 4.74 Å². The average Bonchev–Trinajstić information content (AvgIpc) is 2.93. The Balaban J connectivity index is 1.69. The van der Waals surface area contributed by atoms with Gasteiger partial charge in [0, 0.05) is 38.3 Å². The molecule has 2 saturated heterocycles. The van der Waals surface area contributed by atoms with Gasteiger partial charge in [-0.25, -0.2) is 8.78 Å². The Labute approximate surface area is 141 Å². The summed E-state index contributed by atoms with van der Waals surface area (Å²) in [5, 5.41) is 0. The van der Waals surface area contributed by atoms with Crippen molar-refractivity contribution in [3.63, 3.8) is 0 Å². The van der Waals surface area contributed by atoms with Crippen LogP contribution in [0.25, 0.3) is 0 Å². The van der Waals surface area contributed by atoms with E-state index in [-0.39, 0.29) is 29.7 Å². The average molecular weight is 338 g/mol. The minimum atomic E-state index is -0.792. The van der Waals surface area contributed by atoms with Gasteiger partial charge in [0.1, 0.15) is 11.6 Å². The van der Waals surface area contributed by atoms with E-state index < -0.39 is 11.6 Å². The zero-order valence-electron chi connectivity index (χ0n) is 14.2. The molecule has 4 nitrogen and oxygen atoms in total. The van der Waals surface area contributed by atoms with E-state index in [1.165, 1.54) is 6.07 Å². The second kappa shape index (κ2) is 7.15. The highest BCUT2D eigenvalue weighted by molar-refractivity contribution is 5.94. The predicted octanol–water partition coefficient (Wildman–Crippen LogP) is 2.68. The fourth-order valence-corrected chi connectivity index (χ4v) is 3.84. The van der Waals surface area contributed by atoms with Crippen molar-refractivity contribution in [3.8, 4) is 0 Å². The first kappa shape index (κ1) is 17.3. The molecule has 2 fully saturated rings. The number of nitrogens with zero attached hydrogens (tertiary/aromatic N) is 2. The zero-order chi connectivity index (χ0) is 17.3. The van der Waals surface area contributed by atoms with E-state index >= 15 is 0 Å². The van der Waals surface area contributed by atoms with Crippen LogP contribution in [0.4, 0.5) is 8.78 Å². The molecule has 3 atom stereocenters. The lowest BCUT2D eigenvalue weighted by Gasteiger charge is -2.38. The quantitative estimate of drug-likeness (QED) is 0.849. The van der Waals surface area contributed by atoms with E-state index in [0.717, 1.165) is 44.6 Å². The highest BCUT2D eigenvalue weighted by Gasteiger charge is 2.33. The lowest BCUT2D eigenvalue weighted by Crippen LogP contribution is -2.51. The monoisotopic (exact) mass is 338 g/mol. The summed E-state index contributed by atoms with van der Waals surface area (Å²) in [5.74, 6) is -1.80. The summed E-state index contributed by atoms with van der Waals surface area (Å²) in [6.45, 7) is 7.17. The number of morpholine rings is 1. The lowest BCUT2D eigenvalue weighted by molar-refractivity contribution is -0.0715. The van der Waals surface area contributed by atoms with E-state index in [1.807, 2.05) is 13.8 Å². The number of benzene rings is 1. The molecule has 0 aromatic heterocycles. The van der Waals surface area contributed by atoms with Gasteiger partial charge in [-0.3, -0.25) is 9.69 Å². The molecule has 2 aliphatic rings. The van der Waals surface area contributed by atoms with Gasteiger partial charge in [-0.1, -0.05) is 0 Å². The summed E-state index contributed by atoms with van der Waals surface area (Å²) in [5.41, 5.74) is -0.0491. The Morgan fingerprint density at radius 3 is 2.62 bits per heavy atom. The molecule has 2 heterocycles. The molecular formula is C18H24F2N2O2. The molecule has 0 saturated carbocycles. The normalized spacial score (nSPS) is 28.3. The number of hydrogen-bond donors (Lipinski definition) is 0. The number of carbonyl (C=O) groups is 1. The summed E-state index contributed by atoms with van der Waals surface area (Å²) < 4.78 is 32.7. The van der Waals surface area contributed by atoms with E-state index in [1.54, 1.807) is 4.90 Å². The van der Waals surface area contributed by atoms with Crippen LogP contribution in [0.3, 0.4) is 0 Å². The van der Waals surface area contributed by atoms with Gasteiger partial charge in [0.05, 0.1) is 17.8 Å². The van der Waals surface area contributed by atoms with Crippen LogP contribution >= 0.6 is 0 Å². The van der Waals surface area contributed by atoms with Crippen molar-refractivity contribution in [2.45, 2.75) is 44.9 Å². The van der Waals surface area contributed by atoms with Gasteiger partial charge in [0.2, 0.25) is 0 Å². The largest absolute Gasteiger partial charge is 0.373 e. The van der Waals surface area contributed by atoms with E-state index in [2.05, 4.69) is 4.90 Å². The topological polar surface area (TPSA) is 32.8 Å². The van der Waals surface area contributed by atoms with Gasteiger partial charge in [-0.15, -0.1) is 0 Å². The van der Waals surface area contributed by atoms with Gasteiger partial charge >= 0.3 is 0 Å². The number of hydrogen-bond acceptors (Lipinski definition) is 3. The summed E-state index contributed by atoms with van der Waals surface area (Å²) in [7, 11) is 0. The van der Waals surface area contributed by atoms with E-state index in [0.29, 0.717) is 6.54 Å². The molecule has 1 aromatic rings. The van der Waals surface area contributed by atoms with Crippen molar-refractivity contribution in [1.29, 1.82) is 0 Å². The number of likely N-dealkylation sites (tertiary alicyclic amines) is 1. The minimum Gasteiger partial charge on any atom is -0.373 e. The Morgan fingerprint density at radius 2 is 1.96 bits per heavy atom. The van der Waals surface area contributed by atoms with Crippen molar-refractivity contribution >= 4 is 5.91 Å². The minimum absolute atomic E-state index is 0.0491. The second-order valence-electron chi connectivity index (χ2n) is 6.89. The maximum Gasteiger partial charge on any atom is 0.257 e. The fraction of sp³-hybridized carbons (Fsp3) is 0.611. The molecule has 0 N–H and O–H groups in total. The third-order valence-corrected chi connectivity index (χ3v) is 4.76. The molecule has 0 bridgehead atoms. The molecular weight excluding hydrogens is 314 g/mol.